The molecular formula is C15H21NO4S. The Bertz CT molecular complexity index is 580. The molecule has 6 heteroatoms. The fraction of sp³-hybridized carbons (Fsp3) is 0.533. The van der Waals surface area contributed by atoms with Gasteiger partial charge in [-0.3, -0.25) is 0 Å². The second-order valence-corrected chi connectivity index (χ2v) is 7.64. The normalized spacial score (nSPS) is 12.1. The molecule has 0 amide bonds. The fourth-order valence-electron chi connectivity index (χ4n) is 1.53. The Morgan fingerprint density at radius 1 is 1.10 bits per heavy atom. The third-order valence-electron chi connectivity index (χ3n) is 2.60. The van der Waals surface area contributed by atoms with Crippen LogP contribution in [0.25, 0.3) is 0 Å². The van der Waals surface area contributed by atoms with Crippen molar-refractivity contribution < 1.29 is 17.9 Å². The van der Waals surface area contributed by atoms with Gasteiger partial charge in [0, 0.05) is 0 Å². The molecule has 0 saturated carbocycles. The predicted molar refractivity (Wildman–Crippen MR) is 79.7 cm³/mol. The molecule has 116 valence electrons. The summed E-state index contributed by atoms with van der Waals surface area (Å²) in [6.45, 7) is 6.75. The van der Waals surface area contributed by atoms with Crippen molar-refractivity contribution in [3.8, 4) is 6.07 Å². The molecule has 5 nitrogen and oxygen atoms in total. The summed E-state index contributed by atoms with van der Waals surface area (Å²) in [6.07, 6.45) is 0. The maximum Gasteiger partial charge on any atom is 0.180 e. The minimum Gasteiger partial charge on any atom is -0.378 e. The van der Waals surface area contributed by atoms with E-state index >= 15 is 0 Å². The first-order valence-corrected chi connectivity index (χ1v) is 8.34. The predicted octanol–water partition coefficient (Wildman–Crippen LogP) is 2.16. The average molecular weight is 311 g/mol. The zero-order valence-electron chi connectivity index (χ0n) is 12.6. The molecule has 0 aromatic heterocycles. The monoisotopic (exact) mass is 311 g/mol. The summed E-state index contributed by atoms with van der Waals surface area (Å²) in [4.78, 5) is 0.205. The van der Waals surface area contributed by atoms with Crippen molar-refractivity contribution in [2.24, 2.45) is 0 Å². The third-order valence-corrected chi connectivity index (χ3v) is 4.30. The van der Waals surface area contributed by atoms with Crippen LogP contribution in [0.3, 0.4) is 0 Å². The number of rotatable bonds is 7. The molecule has 0 bridgehead atoms. The summed E-state index contributed by atoms with van der Waals surface area (Å²) >= 11 is 0. The molecule has 0 N–H and O–H groups in total. The number of nitrogens with zero attached hydrogens (tertiary/aromatic N) is 1. The van der Waals surface area contributed by atoms with Gasteiger partial charge in [-0.1, -0.05) is 0 Å². The first-order chi connectivity index (χ1) is 9.74. The fourth-order valence-corrected chi connectivity index (χ4v) is 2.66. The molecule has 0 aliphatic carbocycles. The molecular weight excluding hydrogens is 290 g/mol. The molecule has 0 aliphatic rings. The molecule has 0 aliphatic heterocycles. The van der Waals surface area contributed by atoms with Crippen molar-refractivity contribution in [3.63, 3.8) is 0 Å². The zero-order chi connectivity index (χ0) is 15.9. The molecule has 0 saturated heterocycles. The molecule has 0 radical (unpaired) electrons. The molecule has 0 atom stereocenters. The summed E-state index contributed by atoms with van der Waals surface area (Å²) in [7, 11) is -3.38. The maximum absolute atomic E-state index is 12.0. The number of hydrogen-bond acceptors (Lipinski definition) is 5. The lowest BCUT2D eigenvalue weighted by Gasteiger charge is -2.19. The van der Waals surface area contributed by atoms with Crippen molar-refractivity contribution in [1.29, 1.82) is 5.26 Å². The van der Waals surface area contributed by atoms with Crippen LogP contribution in [0.15, 0.2) is 29.2 Å². The smallest absolute Gasteiger partial charge is 0.180 e. The highest BCUT2D eigenvalue weighted by atomic mass is 32.2. The van der Waals surface area contributed by atoms with Gasteiger partial charge in [0.2, 0.25) is 0 Å². The van der Waals surface area contributed by atoms with Gasteiger partial charge in [0.1, 0.15) is 0 Å². The van der Waals surface area contributed by atoms with Crippen molar-refractivity contribution >= 4 is 9.84 Å². The van der Waals surface area contributed by atoms with E-state index in [1.54, 1.807) is 0 Å². The van der Waals surface area contributed by atoms with Gasteiger partial charge in [0.15, 0.2) is 9.84 Å². The van der Waals surface area contributed by atoms with E-state index in [-0.39, 0.29) is 22.9 Å². The van der Waals surface area contributed by atoms with Gasteiger partial charge in [-0.25, -0.2) is 8.42 Å². The molecule has 21 heavy (non-hydrogen) atoms. The van der Waals surface area contributed by atoms with Gasteiger partial charge in [0.25, 0.3) is 0 Å². The summed E-state index contributed by atoms with van der Waals surface area (Å²) in [5, 5.41) is 8.68. The van der Waals surface area contributed by atoms with E-state index in [2.05, 4.69) is 0 Å². The molecule has 1 aromatic rings. The van der Waals surface area contributed by atoms with Crippen LogP contribution >= 0.6 is 0 Å². The maximum atomic E-state index is 12.0. The summed E-state index contributed by atoms with van der Waals surface area (Å²) < 4.78 is 34.8. The Kier molecular flexibility index (Phi) is 6.34. The largest absolute Gasteiger partial charge is 0.378 e. The third kappa shape index (κ3) is 6.71. The number of hydrogen-bond donors (Lipinski definition) is 0. The second-order valence-electron chi connectivity index (χ2n) is 5.53. The zero-order valence-corrected chi connectivity index (χ0v) is 13.4. The van der Waals surface area contributed by atoms with Gasteiger partial charge >= 0.3 is 0 Å². The second kappa shape index (κ2) is 7.55. The van der Waals surface area contributed by atoms with Gasteiger partial charge < -0.3 is 9.47 Å². The van der Waals surface area contributed by atoms with Crippen LogP contribution in [0.4, 0.5) is 0 Å². The van der Waals surface area contributed by atoms with E-state index in [4.69, 9.17) is 14.7 Å². The van der Waals surface area contributed by atoms with Crippen LogP contribution < -0.4 is 0 Å². The number of ether oxygens (including phenoxy) is 2. The first kappa shape index (κ1) is 17.6. The highest BCUT2D eigenvalue weighted by Gasteiger charge is 2.14. The number of sulfone groups is 1. The number of benzene rings is 1. The minimum absolute atomic E-state index is 0.0889. The molecule has 0 spiro atoms. The van der Waals surface area contributed by atoms with Crippen LogP contribution in [-0.4, -0.2) is 39.6 Å². The molecule has 1 aromatic carbocycles. The van der Waals surface area contributed by atoms with E-state index in [0.717, 1.165) is 0 Å². The van der Waals surface area contributed by atoms with E-state index in [1.807, 2.05) is 26.8 Å². The van der Waals surface area contributed by atoms with Gasteiger partial charge in [-0.15, -0.1) is 0 Å². The lowest BCUT2D eigenvalue weighted by Crippen LogP contribution is -2.22. The van der Waals surface area contributed by atoms with Crippen LogP contribution in [-0.2, 0) is 19.3 Å². The Morgan fingerprint density at radius 2 is 1.71 bits per heavy atom. The Labute approximate surface area is 126 Å². The Morgan fingerprint density at radius 3 is 2.24 bits per heavy atom. The van der Waals surface area contributed by atoms with Crippen LogP contribution in [0.5, 0.6) is 0 Å². The van der Waals surface area contributed by atoms with Crippen LogP contribution in [0.1, 0.15) is 26.3 Å². The van der Waals surface area contributed by atoms with Crippen molar-refractivity contribution in [2.45, 2.75) is 31.3 Å². The molecule has 0 heterocycles. The quantitative estimate of drug-likeness (QED) is 0.721. The van der Waals surface area contributed by atoms with Gasteiger partial charge in [0.05, 0.1) is 47.7 Å². The van der Waals surface area contributed by atoms with E-state index < -0.39 is 9.84 Å². The number of nitriles is 1. The highest BCUT2D eigenvalue weighted by Crippen LogP contribution is 2.12. The van der Waals surface area contributed by atoms with Gasteiger partial charge in [-0.05, 0) is 45.0 Å². The first-order valence-electron chi connectivity index (χ1n) is 6.69. The van der Waals surface area contributed by atoms with Crippen LogP contribution in [0, 0.1) is 11.3 Å². The standard InChI is InChI=1S/C15H21NO4S/c1-15(2,3)20-9-8-19-10-11-21(17,18)14-6-4-13(12-16)5-7-14/h4-7H,8-11H2,1-3H3. The van der Waals surface area contributed by atoms with Crippen LogP contribution in [0.2, 0.25) is 0 Å². The van der Waals surface area contributed by atoms with Crippen molar-refractivity contribution in [1.82, 2.24) is 0 Å². The lowest BCUT2D eigenvalue weighted by molar-refractivity contribution is -0.0329. The van der Waals surface area contributed by atoms with E-state index in [9.17, 15) is 8.42 Å². The molecule has 1 rings (SSSR count). The lowest BCUT2D eigenvalue weighted by atomic mass is 10.2. The Balaban J connectivity index is 2.38. The average Bonchev–Trinajstić information content (AvgIpc) is 2.41. The molecule has 0 unspecified atom stereocenters. The summed E-state index contributed by atoms with van der Waals surface area (Å²) in [6, 6.07) is 7.81. The topological polar surface area (TPSA) is 76.4 Å². The molecule has 0 fully saturated rings. The van der Waals surface area contributed by atoms with Crippen molar-refractivity contribution in [2.75, 3.05) is 25.6 Å². The van der Waals surface area contributed by atoms with Crippen molar-refractivity contribution in [3.05, 3.63) is 29.8 Å². The van der Waals surface area contributed by atoms with E-state index in [0.29, 0.717) is 18.8 Å². The highest BCUT2D eigenvalue weighted by molar-refractivity contribution is 7.91. The minimum atomic E-state index is -3.38. The SMILES string of the molecule is CC(C)(C)OCCOCCS(=O)(=O)c1ccc(C#N)cc1. The summed E-state index contributed by atoms with van der Waals surface area (Å²) in [5.41, 5.74) is 0.210. The van der Waals surface area contributed by atoms with Gasteiger partial charge in [-0.2, -0.15) is 5.26 Å². The summed E-state index contributed by atoms with van der Waals surface area (Å²) in [5.74, 6) is -0.0889. The van der Waals surface area contributed by atoms with E-state index in [1.165, 1.54) is 24.3 Å². The Hall–Kier alpha value is -1.42.